The lowest BCUT2D eigenvalue weighted by atomic mass is 10.0. The number of imidazole rings is 1. The second-order valence-electron chi connectivity index (χ2n) is 7.13. The minimum atomic E-state index is -0.311. The lowest BCUT2D eigenvalue weighted by Gasteiger charge is -2.33. The number of amides is 1. The summed E-state index contributed by atoms with van der Waals surface area (Å²) < 4.78 is 14.8. The highest BCUT2D eigenvalue weighted by Gasteiger charge is 2.28. The van der Waals surface area contributed by atoms with Gasteiger partial charge in [0.1, 0.15) is 11.5 Å². The van der Waals surface area contributed by atoms with E-state index in [0.29, 0.717) is 11.3 Å². The lowest BCUT2D eigenvalue weighted by Crippen LogP contribution is -2.48. The average Bonchev–Trinajstić information content (AvgIpc) is 3.25. The first-order valence-electron chi connectivity index (χ1n) is 8.80. The molecule has 1 unspecified atom stereocenters. The van der Waals surface area contributed by atoms with Crippen LogP contribution >= 0.6 is 0 Å². The van der Waals surface area contributed by atoms with Crippen molar-refractivity contribution >= 4 is 11.6 Å². The predicted molar refractivity (Wildman–Crippen MR) is 89.2 cm³/mol. The van der Waals surface area contributed by atoms with Crippen molar-refractivity contribution in [1.82, 2.24) is 19.6 Å². The predicted octanol–water partition coefficient (Wildman–Crippen LogP) is 2.01. The van der Waals surface area contributed by atoms with Crippen LogP contribution in [-0.4, -0.2) is 45.9 Å². The van der Waals surface area contributed by atoms with Gasteiger partial charge in [-0.25, -0.2) is 9.37 Å². The van der Waals surface area contributed by atoms with E-state index in [1.54, 1.807) is 16.7 Å². The van der Waals surface area contributed by atoms with Crippen molar-refractivity contribution in [3.63, 3.8) is 0 Å². The van der Waals surface area contributed by atoms with Crippen LogP contribution in [0.5, 0.6) is 0 Å². The van der Waals surface area contributed by atoms with E-state index in [4.69, 9.17) is 0 Å². The van der Waals surface area contributed by atoms with Crippen molar-refractivity contribution in [1.29, 1.82) is 0 Å². The van der Waals surface area contributed by atoms with Crippen LogP contribution in [0.2, 0.25) is 0 Å². The summed E-state index contributed by atoms with van der Waals surface area (Å²) in [5.41, 5.74) is 1.33. The zero-order chi connectivity index (χ0) is 16.5. The van der Waals surface area contributed by atoms with Crippen LogP contribution in [0.4, 0.5) is 4.39 Å². The Balaban J connectivity index is 1.33. The molecule has 1 saturated heterocycles. The number of hydrogen-bond donors (Lipinski definition) is 1. The van der Waals surface area contributed by atoms with E-state index in [2.05, 4.69) is 15.2 Å². The van der Waals surface area contributed by atoms with Gasteiger partial charge in [-0.2, -0.15) is 0 Å². The minimum absolute atomic E-state index is 0.00264. The zero-order valence-corrected chi connectivity index (χ0v) is 13.7. The van der Waals surface area contributed by atoms with Crippen molar-refractivity contribution in [3.8, 4) is 0 Å². The summed E-state index contributed by atoms with van der Waals surface area (Å²) in [6.07, 6.45) is 8.25. The number of piperidine rings is 1. The molecule has 0 bridgehead atoms. The van der Waals surface area contributed by atoms with Crippen molar-refractivity contribution < 1.29 is 9.18 Å². The van der Waals surface area contributed by atoms with Crippen molar-refractivity contribution in [2.45, 2.75) is 38.1 Å². The van der Waals surface area contributed by atoms with Gasteiger partial charge in [0.05, 0.1) is 12.1 Å². The molecule has 0 aromatic carbocycles. The minimum Gasteiger partial charge on any atom is -0.352 e. The van der Waals surface area contributed by atoms with Crippen LogP contribution in [0, 0.1) is 11.7 Å². The first-order chi connectivity index (χ1) is 11.7. The van der Waals surface area contributed by atoms with Gasteiger partial charge < -0.3 is 14.6 Å². The number of nitrogens with one attached hydrogen (secondary N) is 1. The molecule has 1 amide bonds. The summed E-state index contributed by atoms with van der Waals surface area (Å²) >= 11 is 0. The summed E-state index contributed by atoms with van der Waals surface area (Å²) in [5.74, 6) is 0.573. The molecule has 1 aliphatic heterocycles. The Kier molecular flexibility index (Phi) is 4.22. The summed E-state index contributed by atoms with van der Waals surface area (Å²) in [7, 11) is 0. The number of carbonyl (C=O) groups excluding carboxylic acids is 1. The largest absolute Gasteiger partial charge is 0.352 e. The van der Waals surface area contributed by atoms with E-state index in [-0.39, 0.29) is 24.2 Å². The molecule has 0 radical (unpaired) electrons. The Bertz CT molecular complexity index is 740. The number of fused-ring (bicyclic) bond motifs is 1. The smallest absolute Gasteiger partial charge is 0.226 e. The number of aromatic nitrogens is 2. The van der Waals surface area contributed by atoms with Crippen LogP contribution in [0.1, 0.15) is 31.4 Å². The van der Waals surface area contributed by atoms with Gasteiger partial charge >= 0.3 is 0 Å². The van der Waals surface area contributed by atoms with Gasteiger partial charge in [-0.1, -0.05) is 0 Å². The van der Waals surface area contributed by atoms with E-state index in [9.17, 15) is 9.18 Å². The third-order valence-electron chi connectivity index (χ3n) is 4.89. The number of nitrogens with zero attached hydrogens (tertiary/aromatic N) is 3. The number of rotatable bonds is 5. The monoisotopic (exact) mass is 330 g/mol. The SMILES string of the molecule is O=C(Cc1cn2cc(F)ccc2n1)NC1CCCN(CC2CC2)C1. The van der Waals surface area contributed by atoms with E-state index in [1.165, 1.54) is 31.6 Å². The third kappa shape index (κ3) is 3.75. The summed E-state index contributed by atoms with van der Waals surface area (Å²) in [6.45, 7) is 3.30. The maximum absolute atomic E-state index is 13.2. The van der Waals surface area contributed by atoms with Crippen molar-refractivity contribution in [3.05, 3.63) is 36.0 Å². The molecule has 3 heterocycles. The molecular weight excluding hydrogens is 307 g/mol. The van der Waals surface area contributed by atoms with E-state index in [1.807, 2.05) is 0 Å². The molecule has 5 nitrogen and oxygen atoms in total. The highest BCUT2D eigenvalue weighted by molar-refractivity contribution is 5.78. The van der Waals surface area contributed by atoms with Crippen LogP contribution in [-0.2, 0) is 11.2 Å². The summed E-state index contributed by atoms with van der Waals surface area (Å²) in [4.78, 5) is 19.2. The normalized spacial score (nSPS) is 22.0. The van der Waals surface area contributed by atoms with E-state index < -0.39 is 0 Å². The Morgan fingerprint density at radius 3 is 3.00 bits per heavy atom. The molecule has 128 valence electrons. The Morgan fingerprint density at radius 1 is 1.29 bits per heavy atom. The Hall–Kier alpha value is -1.95. The standard InChI is InChI=1S/C18H23FN4O/c19-14-5-6-17-20-16(12-23(17)10-14)8-18(24)21-15-2-1-7-22(11-15)9-13-3-4-13/h5-6,10,12-13,15H,1-4,7-9,11H2,(H,21,24). The summed E-state index contributed by atoms with van der Waals surface area (Å²) in [5, 5.41) is 3.14. The van der Waals surface area contributed by atoms with Gasteiger partial charge in [0.25, 0.3) is 0 Å². The number of carbonyl (C=O) groups is 1. The van der Waals surface area contributed by atoms with Crippen molar-refractivity contribution in [2.75, 3.05) is 19.6 Å². The molecule has 1 N–H and O–H groups in total. The quantitative estimate of drug-likeness (QED) is 0.912. The molecule has 1 aliphatic carbocycles. The molecule has 0 spiro atoms. The molecule has 2 aromatic heterocycles. The highest BCUT2D eigenvalue weighted by Crippen LogP contribution is 2.30. The van der Waals surface area contributed by atoms with Crippen LogP contribution in [0.3, 0.4) is 0 Å². The first kappa shape index (κ1) is 15.6. The lowest BCUT2D eigenvalue weighted by molar-refractivity contribution is -0.121. The van der Waals surface area contributed by atoms with E-state index in [0.717, 1.165) is 31.8 Å². The van der Waals surface area contributed by atoms with Crippen LogP contribution in [0.25, 0.3) is 5.65 Å². The molecule has 2 fully saturated rings. The fourth-order valence-electron chi connectivity index (χ4n) is 3.55. The van der Waals surface area contributed by atoms with Gasteiger partial charge in [0.2, 0.25) is 5.91 Å². The highest BCUT2D eigenvalue weighted by atomic mass is 19.1. The molecular formula is C18H23FN4O. The fraction of sp³-hybridized carbons (Fsp3) is 0.556. The first-order valence-corrected chi connectivity index (χ1v) is 8.80. The molecule has 2 aliphatic rings. The van der Waals surface area contributed by atoms with E-state index >= 15 is 0 Å². The second kappa shape index (κ2) is 6.51. The Labute approximate surface area is 140 Å². The third-order valence-corrected chi connectivity index (χ3v) is 4.89. The van der Waals surface area contributed by atoms with Gasteiger partial charge in [-0.05, 0) is 50.3 Å². The molecule has 4 rings (SSSR count). The molecule has 6 heteroatoms. The fourth-order valence-corrected chi connectivity index (χ4v) is 3.55. The zero-order valence-electron chi connectivity index (χ0n) is 13.7. The average molecular weight is 330 g/mol. The van der Waals surface area contributed by atoms with Crippen LogP contribution < -0.4 is 5.32 Å². The van der Waals surface area contributed by atoms with Gasteiger partial charge in [-0.3, -0.25) is 4.79 Å². The molecule has 2 aromatic rings. The van der Waals surface area contributed by atoms with Gasteiger partial charge in [0.15, 0.2) is 0 Å². The number of pyridine rings is 1. The molecule has 1 saturated carbocycles. The van der Waals surface area contributed by atoms with Crippen molar-refractivity contribution in [2.24, 2.45) is 5.92 Å². The topological polar surface area (TPSA) is 49.6 Å². The Morgan fingerprint density at radius 2 is 2.17 bits per heavy atom. The maximum Gasteiger partial charge on any atom is 0.226 e. The van der Waals surface area contributed by atoms with Gasteiger partial charge in [0, 0.05) is 31.5 Å². The number of hydrogen-bond acceptors (Lipinski definition) is 3. The summed E-state index contributed by atoms with van der Waals surface area (Å²) in [6, 6.07) is 3.23. The van der Waals surface area contributed by atoms with Crippen LogP contribution in [0.15, 0.2) is 24.5 Å². The maximum atomic E-state index is 13.2. The molecule has 1 atom stereocenters. The number of halogens is 1. The molecule has 24 heavy (non-hydrogen) atoms. The van der Waals surface area contributed by atoms with Gasteiger partial charge in [-0.15, -0.1) is 0 Å². The second-order valence-corrected chi connectivity index (χ2v) is 7.13. The number of likely N-dealkylation sites (tertiary alicyclic amines) is 1.